The summed E-state index contributed by atoms with van der Waals surface area (Å²) < 4.78 is 5.40. The Morgan fingerprint density at radius 2 is 1.59 bits per heavy atom. The minimum Gasteiger partial charge on any atom is -0.378 e. The molecule has 29 heavy (non-hydrogen) atoms. The minimum absolute atomic E-state index is 0.0495. The Labute approximate surface area is 173 Å². The van der Waals surface area contributed by atoms with Gasteiger partial charge in [-0.3, -0.25) is 9.69 Å². The van der Waals surface area contributed by atoms with Gasteiger partial charge in [-0.15, -0.1) is 0 Å². The summed E-state index contributed by atoms with van der Waals surface area (Å²) in [6, 6.07) is 16.6. The number of carbonyl (C=O) groups is 1. The predicted octanol–water partition coefficient (Wildman–Crippen LogP) is 2.59. The number of benzene rings is 2. The number of carbonyl (C=O) groups excluding carboxylic acids is 1. The fourth-order valence-corrected chi connectivity index (χ4v) is 4.05. The van der Waals surface area contributed by atoms with E-state index in [0.29, 0.717) is 6.54 Å². The van der Waals surface area contributed by atoms with Crippen molar-refractivity contribution in [3.63, 3.8) is 0 Å². The topological polar surface area (TPSA) is 48.0 Å². The quantitative estimate of drug-likeness (QED) is 0.845. The van der Waals surface area contributed by atoms with Gasteiger partial charge in [-0.25, -0.2) is 0 Å². The lowest BCUT2D eigenvalue weighted by molar-refractivity contribution is -0.117. The number of ether oxygens (including phenoxy) is 1. The van der Waals surface area contributed by atoms with Crippen LogP contribution in [0.4, 0.5) is 17.1 Å². The summed E-state index contributed by atoms with van der Waals surface area (Å²) in [6.07, 6.45) is 0. The molecule has 0 bridgehead atoms. The Bertz CT molecular complexity index is 810. The van der Waals surface area contributed by atoms with E-state index in [4.69, 9.17) is 4.74 Å². The lowest BCUT2D eigenvalue weighted by Gasteiger charge is -2.36. The Morgan fingerprint density at radius 3 is 2.28 bits per heavy atom. The van der Waals surface area contributed by atoms with E-state index in [-0.39, 0.29) is 5.91 Å². The molecule has 0 saturated carbocycles. The molecule has 2 aliphatic heterocycles. The summed E-state index contributed by atoms with van der Waals surface area (Å²) in [5.74, 6) is 0.0495. The molecule has 2 aliphatic rings. The third-order valence-corrected chi connectivity index (χ3v) is 5.72. The molecule has 6 nitrogen and oxygen atoms in total. The molecule has 0 atom stereocenters. The van der Waals surface area contributed by atoms with E-state index in [1.165, 1.54) is 16.9 Å². The van der Waals surface area contributed by atoms with Crippen molar-refractivity contribution in [1.29, 1.82) is 0 Å². The molecule has 0 radical (unpaired) electrons. The van der Waals surface area contributed by atoms with Gasteiger partial charge in [0.25, 0.3) is 0 Å². The number of nitrogens with zero attached hydrogens (tertiary/aromatic N) is 3. The summed E-state index contributed by atoms with van der Waals surface area (Å²) in [7, 11) is 0. The Kier molecular flexibility index (Phi) is 6.32. The second-order valence-electron chi connectivity index (χ2n) is 7.74. The molecule has 2 heterocycles. The van der Waals surface area contributed by atoms with E-state index < -0.39 is 0 Å². The first-order chi connectivity index (χ1) is 14.2. The maximum absolute atomic E-state index is 12.5. The summed E-state index contributed by atoms with van der Waals surface area (Å²) in [5.41, 5.74) is 4.64. The highest BCUT2D eigenvalue weighted by Gasteiger charge is 2.20. The van der Waals surface area contributed by atoms with E-state index >= 15 is 0 Å². The summed E-state index contributed by atoms with van der Waals surface area (Å²) in [4.78, 5) is 19.4. The Hall–Kier alpha value is -2.57. The van der Waals surface area contributed by atoms with Gasteiger partial charge in [0.2, 0.25) is 5.91 Å². The standard InChI is InChI=1S/C23H30N4O2/c1-19-4-2-3-5-22(19)27-12-10-25(11-13-27)18-23(28)24-20-6-8-21(9-7-20)26-14-16-29-17-15-26/h2-9H,10-18H2,1H3,(H,24,28). The average Bonchev–Trinajstić information content (AvgIpc) is 2.76. The number of hydrogen-bond donors (Lipinski definition) is 1. The highest BCUT2D eigenvalue weighted by atomic mass is 16.5. The van der Waals surface area contributed by atoms with Gasteiger partial charge in [-0.1, -0.05) is 18.2 Å². The summed E-state index contributed by atoms with van der Waals surface area (Å²) in [6.45, 7) is 9.67. The SMILES string of the molecule is Cc1ccccc1N1CCN(CC(=O)Nc2ccc(N3CCOCC3)cc2)CC1. The molecule has 1 N–H and O–H groups in total. The average molecular weight is 395 g/mol. The number of hydrogen-bond acceptors (Lipinski definition) is 5. The molecule has 0 aliphatic carbocycles. The minimum atomic E-state index is 0.0495. The van der Waals surface area contributed by atoms with Crippen LogP contribution in [0.25, 0.3) is 0 Å². The van der Waals surface area contributed by atoms with E-state index in [1.54, 1.807) is 0 Å². The van der Waals surface area contributed by atoms with Crippen LogP contribution in [0.2, 0.25) is 0 Å². The van der Waals surface area contributed by atoms with Crippen LogP contribution >= 0.6 is 0 Å². The van der Waals surface area contributed by atoms with E-state index in [2.05, 4.69) is 63.3 Å². The van der Waals surface area contributed by atoms with Crippen LogP contribution in [-0.2, 0) is 9.53 Å². The normalized spacial score (nSPS) is 18.0. The van der Waals surface area contributed by atoms with Gasteiger partial charge in [-0.05, 0) is 42.8 Å². The van der Waals surface area contributed by atoms with Crippen LogP contribution in [0.1, 0.15) is 5.56 Å². The lowest BCUT2D eigenvalue weighted by atomic mass is 10.1. The lowest BCUT2D eigenvalue weighted by Crippen LogP contribution is -2.48. The zero-order valence-corrected chi connectivity index (χ0v) is 17.1. The monoisotopic (exact) mass is 394 g/mol. The Morgan fingerprint density at radius 1 is 0.897 bits per heavy atom. The van der Waals surface area contributed by atoms with Gasteiger partial charge < -0.3 is 19.9 Å². The van der Waals surface area contributed by atoms with E-state index in [9.17, 15) is 4.79 Å². The van der Waals surface area contributed by atoms with Gasteiger partial charge in [0.1, 0.15) is 0 Å². The zero-order chi connectivity index (χ0) is 20.1. The molecule has 154 valence electrons. The number of nitrogens with one attached hydrogen (secondary N) is 1. The van der Waals surface area contributed by atoms with Crippen molar-refractivity contribution in [3.05, 3.63) is 54.1 Å². The van der Waals surface area contributed by atoms with Crippen LogP contribution in [0, 0.1) is 6.92 Å². The number of amides is 1. The van der Waals surface area contributed by atoms with Crippen LogP contribution in [0.15, 0.2) is 48.5 Å². The fraction of sp³-hybridized carbons (Fsp3) is 0.435. The van der Waals surface area contributed by atoms with Gasteiger partial charge in [0.15, 0.2) is 0 Å². The molecule has 2 aromatic rings. The summed E-state index contributed by atoms with van der Waals surface area (Å²) >= 11 is 0. The first kappa shape index (κ1) is 19.7. The summed E-state index contributed by atoms with van der Waals surface area (Å²) in [5, 5.41) is 3.03. The molecule has 2 aromatic carbocycles. The molecule has 0 aromatic heterocycles. The van der Waals surface area contributed by atoms with Crippen molar-refractivity contribution in [2.75, 3.05) is 74.1 Å². The molecule has 1 amide bonds. The third-order valence-electron chi connectivity index (χ3n) is 5.72. The zero-order valence-electron chi connectivity index (χ0n) is 17.1. The molecule has 0 unspecified atom stereocenters. The molecular formula is C23H30N4O2. The van der Waals surface area contributed by atoms with Crippen LogP contribution in [0.3, 0.4) is 0 Å². The van der Waals surface area contributed by atoms with Gasteiger partial charge in [0, 0.05) is 56.3 Å². The van der Waals surface area contributed by atoms with Crippen molar-refractivity contribution < 1.29 is 9.53 Å². The van der Waals surface area contributed by atoms with Gasteiger partial charge >= 0.3 is 0 Å². The molecular weight excluding hydrogens is 364 g/mol. The second-order valence-corrected chi connectivity index (χ2v) is 7.74. The van der Waals surface area contributed by atoms with E-state index in [0.717, 1.165) is 58.2 Å². The maximum atomic E-state index is 12.5. The number of rotatable bonds is 5. The predicted molar refractivity (Wildman–Crippen MR) is 118 cm³/mol. The largest absolute Gasteiger partial charge is 0.378 e. The first-order valence-corrected chi connectivity index (χ1v) is 10.4. The highest BCUT2D eigenvalue weighted by Crippen LogP contribution is 2.21. The molecule has 2 fully saturated rings. The van der Waals surface area contributed by atoms with E-state index in [1.807, 2.05) is 12.1 Å². The molecule has 0 spiro atoms. The van der Waals surface area contributed by atoms with Crippen LogP contribution < -0.4 is 15.1 Å². The van der Waals surface area contributed by atoms with Gasteiger partial charge in [-0.2, -0.15) is 0 Å². The number of piperazine rings is 1. The van der Waals surface area contributed by atoms with Crippen molar-refractivity contribution >= 4 is 23.0 Å². The van der Waals surface area contributed by atoms with Crippen LogP contribution in [0.5, 0.6) is 0 Å². The van der Waals surface area contributed by atoms with Crippen molar-refractivity contribution in [3.8, 4) is 0 Å². The molecule has 4 rings (SSSR count). The number of para-hydroxylation sites is 1. The highest BCUT2D eigenvalue weighted by molar-refractivity contribution is 5.92. The van der Waals surface area contributed by atoms with Crippen molar-refractivity contribution in [2.24, 2.45) is 0 Å². The Balaban J connectivity index is 1.24. The molecule has 2 saturated heterocycles. The van der Waals surface area contributed by atoms with Crippen molar-refractivity contribution in [1.82, 2.24) is 4.90 Å². The smallest absolute Gasteiger partial charge is 0.238 e. The number of morpholine rings is 1. The first-order valence-electron chi connectivity index (χ1n) is 10.4. The number of aryl methyl sites for hydroxylation is 1. The van der Waals surface area contributed by atoms with Crippen molar-refractivity contribution in [2.45, 2.75) is 6.92 Å². The second kappa shape index (κ2) is 9.29. The fourth-order valence-electron chi connectivity index (χ4n) is 4.05. The maximum Gasteiger partial charge on any atom is 0.238 e. The molecule has 6 heteroatoms. The van der Waals surface area contributed by atoms with Crippen LogP contribution in [-0.4, -0.2) is 69.8 Å². The van der Waals surface area contributed by atoms with Gasteiger partial charge in [0.05, 0.1) is 19.8 Å². The number of anilines is 3. The third kappa shape index (κ3) is 5.08.